The molecule has 0 saturated heterocycles. The minimum Gasteiger partial charge on any atom is -0.383 e. The highest BCUT2D eigenvalue weighted by molar-refractivity contribution is 6.30. The van der Waals surface area contributed by atoms with Crippen molar-refractivity contribution in [3.05, 3.63) is 28.8 Å². The number of nitriles is 1. The molecule has 0 aliphatic rings. The first-order chi connectivity index (χ1) is 7.84. The van der Waals surface area contributed by atoms with E-state index in [1.165, 1.54) is 12.1 Å². The van der Waals surface area contributed by atoms with Crippen LogP contribution in [0.15, 0.2) is 18.2 Å². The van der Waals surface area contributed by atoms with Gasteiger partial charge >= 0.3 is 6.18 Å². The van der Waals surface area contributed by atoms with Gasteiger partial charge < -0.3 is 5.32 Å². The van der Waals surface area contributed by atoms with Crippen LogP contribution in [0.1, 0.15) is 5.56 Å². The molecule has 2 nitrogen and oxygen atoms in total. The molecule has 0 aliphatic carbocycles. The van der Waals surface area contributed by atoms with Gasteiger partial charge in [0.2, 0.25) is 0 Å². The average molecular weight is 263 g/mol. The number of hydrogen-bond acceptors (Lipinski definition) is 2. The third-order valence-corrected chi connectivity index (χ3v) is 2.48. The maximum Gasteiger partial charge on any atom is 0.406 e. The van der Waals surface area contributed by atoms with Gasteiger partial charge in [-0.1, -0.05) is 17.7 Å². The first kappa shape index (κ1) is 13.7. The number of hydrogen-bond donors (Lipinski definition) is 1. The molecule has 0 saturated carbocycles. The van der Waals surface area contributed by atoms with Gasteiger partial charge in [-0.15, -0.1) is 0 Å². The number of aryl methyl sites for hydroxylation is 1. The molecule has 0 bridgehead atoms. The van der Waals surface area contributed by atoms with Crippen molar-refractivity contribution in [2.45, 2.75) is 13.1 Å². The summed E-state index contributed by atoms with van der Waals surface area (Å²) in [6, 6.07) is 6.10. The number of benzene rings is 1. The highest BCUT2D eigenvalue weighted by Crippen LogP contribution is 2.27. The lowest BCUT2D eigenvalue weighted by Gasteiger charge is -2.16. The first-order valence-electron chi connectivity index (χ1n) is 4.81. The van der Waals surface area contributed by atoms with E-state index in [-0.39, 0.29) is 0 Å². The number of halogens is 4. The fraction of sp³-hybridized carbons (Fsp3) is 0.364. The standard InChI is InChI=1S/C11H10ClF3N2/c1-7-2-3-9(12)4-10(7)17-6-8(5-16)11(13,14)15/h2-4,8,17H,6H2,1H3. The molecule has 17 heavy (non-hydrogen) atoms. The van der Waals surface area contributed by atoms with Gasteiger partial charge in [-0.25, -0.2) is 0 Å². The van der Waals surface area contributed by atoms with Crippen molar-refractivity contribution in [3.8, 4) is 6.07 Å². The fourth-order valence-corrected chi connectivity index (χ4v) is 1.40. The highest BCUT2D eigenvalue weighted by Gasteiger charge is 2.39. The monoisotopic (exact) mass is 262 g/mol. The van der Waals surface area contributed by atoms with E-state index in [0.717, 1.165) is 5.56 Å². The third kappa shape index (κ3) is 3.82. The first-order valence-corrected chi connectivity index (χ1v) is 5.18. The number of anilines is 1. The summed E-state index contributed by atoms with van der Waals surface area (Å²) in [6.45, 7) is 1.26. The zero-order valence-corrected chi connectivity index (χ0v) is 9.73. The van der Waals surface area contributed by atoms with Gasteiger partial charge in [-0.05, 0) is 24.6 Å². The second-order valence-corrected chi connectivity index (χ2v) is 4.00. The average Bonchev–Trinajstić information content (AvgIpc) is 2.22. The predicted molar refractivity (Wildman–Crippen MR) is 59.8 cm³/mol. The summed E-state index contributed by atoms with van der Waals surface area (Å²) in [5.41, 5.74) is 1.27. The molecule has 0 fully saturated rings. The molecule has 1 aromatic rings. The number of nitrogens with zero attached hydrogens (tertiary/aromatic N) is 1. The zero-order valence-electron chi connectivity index (χ0n) is 8.98. The molecular formula is C11H10ClF3N2. The molecule has 1 N–H and O–H groups in total. The lowest BCUT2D eigenvalue weighted by atomic mass is 10.1. The van der Waals surface area contributed by atoms with Crippen molar-refractivity contribution >= 4 is 17.3 Å². The van der Waals surface area contributed by atoms with Crippen molar-refractivity contribution in [1.82, 2.24) is 0 Å². The minimum atomic E-state index is -4.52. The van der Waals surface area contributed by atoms with E-state index in [0.29, 0.717) is 10.7 Å². The largest absolute Gasteiger partial charge is 0.406 e. The van der Waals surface area contributed by atoms with Gasteiger partial charge in [0, 0.05) is 17.3 Å². The Balaban J connectivity index is 2.73. The third-order valence-electron chi connectivity index (χ3n) is 2.25. The smallest absolute Gasteiger partial charge is 0.383 e. The van der Waals surface area contributed by atoms with Gasteiger partial charge in [-0.3, -0.25) is 0 Å². The number of nitrogens with one attached hydrogen (secondary N) is 1. The van der Waals surface area contributed by atoms with E-state index in [2.05, 4.69) is 5.32 Å². The molecule has 1 rings (SSSR count). The van der Waals surface area contributed by atoms with E-state index in [1.807, 2.05) is 0 Å². The van der Waals surface area contributed by atoms with Gasteiger partial charge in [0.1, 0.15) is 0 Å². The highest BCUT2D eigenvalue weighted by atomic mass is 35.5. The minimum absolute atomic E-state index is 0.429. The number of rotatable bonds is 3. The van der Waals surface area contributed by atoms with Crippen LogP contribution >= 0.6 is 11.6 Å². The molecule has 1 atom stereocenters. The molecule has 0 radical (unpaired) electrons. The second kappa shape index (κ2) is 5.28. The van der Waals surface area contributed by atoms with Crippen molar-refractivity contribution in [3.63, 3.8) is 0 Å². The molecule has 0 spiro atoms. The Bertz CT molecular complexity index is 437. The summed E-state index contributed by atoms with van der Waals surface area (Å²) in [5.74, 6) is -2.03. The SMILES string of the molecule is Cc1ccc(Cl)cc1NCC(C#N)C(F)(F)F. The summed E-state index contributed by atoms with van der Waals surface area (Å²) < 4.78 is 36.9. The van der Waals surface area contributed by atoms with Crippen LogP contribution < -0.4 is 5.32 Å². The van der Waals surface area contributed by atoms with Crippen molar-refractivity contribution < 1.29 is 13.2 Å². The fourth-order valence-electron chi connectivity index (χ4n) is 1.23. The molecule has 6 heteroatoms. The van der Waals surface area contributed by atoms with Gasteiger partial charge in [0.15, 0.2) is 5.92 Å². The molecule has 0 aliphatic heterocycles. The van der Waals surface area contributed by atoms with Crippen molar-refractivity contribution in [1.29, 1.82) is 5.26 Å². The topological polar surface area (TPSA) is 35.8 Å². The zero-order chi connectivity index (χ0) is 13.1. The van der Waals surface area contributed by atoms with Gasteiger partial charge in [-0.2, -0.15) is 18.4 Å². The molecule has 0 heterocycles. The summed E-state index contributed by atoms with van der Waals surface area (Å²) in [6.07, 6.45) is -4.52. The van der Waals surface area contributed by atoms with E-state index < -0.39 is 18.6 Å². The van der Waals surface area contributed by atoms with E-state index in [9.17, 15) is 13.2 Å². The van der Waals surface area contributed by atoms with Crippen LogP contribution in [0.2, 0.25) is 5.02 Å². The molecule has 1 aromatic carbocycles. The Kier molecular flexibility index (Phi) is 4.24. The lowest BCUT2D eigenvalue weighted by molar-refractivity contribution is -0.155. The van der Waals surface area contributed by atoms with Crippen LogP contribution in [-0.4, -0.2) is 12.7 Å². The van der Waals surface area contributed by atoms with Crippen molar-refractivity contribution in [2.75, 3.05) is 11.9 Å². The van der Waals surface area contributed by atoms with Crippen LogP contribution in [0, 0.1) is 24.2 Å². The molecule has 0 amide bonds. The molecule has 0 aromatic heterocycles. The molecular weight excluding hydrogens is 253 g/mol. The predicted octanol–water partition coefficient (Wildman–Crippen LogP) is 3.76. The van der Waals surface area contributed by atoms with Crippen molar-refractivity contribution in [2.24, 2.45) is 5.92 Å². The van der Waals surface area contributed by atoms with Crippen LogP contribution in [0.5, 0.6) is 0 Å². The molecule has 92 valence electrons. The Labute approximate surface area is 102 Å². The van der Waals surface area contributed by atoms with Crippen LogP contribution in [0.25, 0.3) is 0 Å². The Hall–Kier alpha value is -1.41. The van der Waals surface area contributed by atoms with Gasteiger partial charge in [0.05, 0.1) is 6.07 Å². The summed E-state index contributed by atoms with van der Waals surface area (Å²) in [5, 5.41) is 11.4. The second-order valence-electron chi connectivity index (χ2n) is 3.56. The van der Waals surface area contributed by atoms with Crippen LogP contribution in [0.3, 0.4) is 0 Å². The van der Waals surface area contributed by atoms with Crippen LogP contribution in [0.4, 0.5) is 18.9 Å². The van der Waals surface area contributed by atoms with Gasteiger partial charge in [0.25, 0.3) is 0 Å². The maximum atomic E-state index is 12.3. The summed E-state index contributed by atoms with van der Waals surface area (Å²) in [7, 11) is 0. The Morgan fingerprint density at radius 1 is 1.47 bits per heavy atom. The van der Waals surface area contributed by atoms with E-state index in [4.69, 9.17) is 16.9 Å². The Morgan fingerprint density at radius 3 is 2.65 bits per heavy atom. The Morgan fingerprint density at radius 2 is 2.12 bits per heavy atom. The quantitative estimate of drug-likeness (QED) is 0.900. The summed E-state index contributed by atoms with van der Waals surface area (Å²) >= 11 is 5.73. The molecule has 1 unspecified atom stereocenters. The maximum absolute atomic E-state index is 12.3. The van der Waals surface area contributed by atoms with E-state index >= 15 is 0 Å². The van der Waals surface area contributed by atoms with Crippen LogP contribution in [-0.2, 0) is 0 Å². The van der Waals surface area contributed by atoms with E-state index in [1.54, 1.807) is 19.1 Å². The normalized spacial score (nSPS) is 12.9. The number of alkyl halides is 3. The summed E-state index contributed by atoms with van der Waals surface area (Å²) in [4.78, 5) is 0. The lowest BCUT2D eigenvalue weighted by Crippen LogP contribution is -2.28.